The highest BCUT2D eigenvalue weighted by molar-refractivity contribution is 5.96. The van der Waals surface area contributed by atoms with Crippen LogP contribution in [0, 0.1) is 0 Å². The van der Waals surface area contributed by atoms with Crippen molar-refractivity contribution in [1.82, 2.24) is 5.01 Å². The van der Waals surface area contributed by atoms with Crippen LogP contribution in [0.15, 0.2) is 34.5 Å². The number of fused-ring (bicyclic) bond motifs is 2. The standard InChI is InChI=1S/C18H18N4O/c1-2-13-11-22(14-6-9-23-10-7-14)21-16-4-3-15(17(13)16)18-12(1)5-8-19-20-18/h1-5,8,14,20H,6-7,9-11H2. The Balaban J connectivity index is 1.65. The molecule has 0 atom stereocenters. The zero-order chi connectivity index (χ0) is 15.2. The van der Waals surface area contributed by atoms with Crippen LogP contribution in [-0.4, -0.2) is 30.5 Å². The summed E-state index contributed by atoms with van der Waals surface area (Å²) in [6, 6.07) is 9.18. The maximum atomic E-state index is 5.49. The fourth-order valence-electron chi connectivity index (χ4n) is 3.77. The van der Waals surface area contributed by atoms with Gasteiger partial charge in [-0.1, -0.05) is 12.1 Å². The minimum atomic E-state index is 0.481. The van der Waals surface area contributed by atoms with Crippen LogP contribution < -0.4 is 16.0 Å². The van der Waals surface area contributed by atoms with Gasteiger partial charge >= 0.3 is 0 Å². The van der Waals surface area contributed by atoms with Gasteiger partial charge in [0.15, 0.2) is 0 Å². The second-order valence-corrected chi connectivity index (χ2v) is 6.29. The molecule has 0 saturated carbocycles. The number of anilines is 1. The molecule has 2 aliphatic carbocycles. The van der Waals surface area contributed by atoms with Crippen LogP contribution in [0.25, 0.3) is 17.2 Å². The summed E-state index contributed by atoms with van der Waals surface area (Å²) in [7, 11) is 0. The van der Waals surface area contributed by atoms with Gasteiger partial charge < -0.3 is 4.74 Å². The summed E-state index contributed by atoms with van der Waals surface area (Å²) in [6.45, 7) is 2.55. The molecular formula is C18H18N4O. The Morgan fingerprint density at radius 3 is 2.96 bits per heavy atom. The number of hydrogen-bond donors (Lipinski definition) is 1. The van der Waals surface area contributed by atoms with Gasteiger partial charge in [0.25, 0.3) is 0 Å². The van der Waals surface area contributed by atoms with E-state index in [0.717, 1.165) is 43.6 Å². The van der Waals surface area contributed by atoms with E-state index in [2.05, 4.69) is 39.8 Å². The van der Waals surface area contributed by atoms with Gasteiger partial charge in [0.2, 0.25) is 0 Å². The van der Waals surface area contributed by atoms with Crippen LogP contribution in [0.1, 0.15) is 18.4 Å². The van der Waals surface area contributed by atoms with Crippen molar-refractivity contribution in [1.29, 1.82) is 0 Å². The predicted octanol–water partition coefficient (Wildman–Crippen LogP) is 1.51. The average molecular weight is 306 g/mol. The van der Waals surface area contributed by atoms with Gasteiger partial charge in [0, 0.05) is 35.8 Å². The monoisotopic (exact) mass is 306 g/mol. The average Bonchev–Trinajstić information content (AvgIpc) is 2.97. The molecule has 23 heavy (non-hydrogen) atoms. The maximum Gasteiger partial charge on any atom is 0.0914 e. The van der Waals surface area contributed by atoms with E-state index in [1.807, 2.05) is 6.08 Å². The lowest BCUT2D eigenvalue weighted by atomic mass is 10.0. The lowest BCUT2D eigenvalue weighted by Crippen LogP contribution is -2.38. The highest BCUT2D eigenvalue weighted by Gasteiger charge is 2.26. The quantitative estimate of drug-likeness (QED) is 0.869. The minimum Gasteiger partial charge on any atom is -0.381 e. The molecule has 1 saturated heterocycles. The minimum absolute atomic E-state index is 0.481. The molecule has 1 fully saturated rings. The summed E-state index contributed by atoms with van der Waals surface area (Å²) < 4.78 is 5.49. The first-order valence-corrected chi connectivity index (χ1v) is 8.17. The van der Waals surface area contributed by atoms with Gasteiger partial charge in [-0.15, -0.1) is 0 Å². The fraction of sp³-hybridized carbons (Fsp3) is 0.333. The molecule has 0 aromatic carbocycles. The Kier molecular flexibility index (Phi) is 2.88. The molecule has 0 aromatic rings. The molecule has 0 amide bonds. The number of nitrogens with one attached hydrogen (secondary N) is 1. The van der Waals surface area contributed by atoms with Gasteiger partial charge in [-0.3, -0.25) is 10.4 Å². The third-order valence-corrected chi connectivity index (χ3v) is 4.96. The van der Waals surface area contributed by atoms with Crippen LogP contribution in [0.5, 0.6) is 0 Å². The normalized spacial score (nSPS) is 19.7. The maximum absolute atomic E-state index is 5.49. The van der Waals surface area contributed by atoms with E-state index < -0.39 is 0 Å². The Labute approximate surface area is 134 Å². The first-order chi connectivity index (χ1) is 11.4. The highest BCUT2D eigenvalue weighted by Crippen LogP contribution is 2.32. The zero-order valence-corrected chi connectivity index (χ0v) is 12.8. The summed E-state index contributed by atoms with van der Waals surface area (Å²) >= 11 is 0. The van der Waals surface area contributed by atoms with Crippen molar-refractivity contribution in [3.63, 3.8) is 0 Å². The van der Waals surface area contributed by atoms with E-state index in [1.54, 1.807) is 6.21 Å². The largest absolute Gasteiger partial charge is 0.381 e. The topological polar surface area (TPSA) is 49.2 Å². The summed E-state index contributed by atoms with van der Waals surface area (Å²) in [6.07, 6.45) is 5.96. The van der Waals surface area contributed by atoms with E-state index in [9.17, 15) is 0 Å². The Hall–Kier alpha value is -2.40. The van der Waals surface area contributed by atoms with E-state index in [4.69, 9.17) is 9.84 Å². The van der Waals surface area contributed by atoms with Gasteiger partial charge in [-0.05, 0) is 36.6 Å². The molecule has 5 aliphatic rings. The Bertz CT molecular complexity index is 883. The highest BCUT2D eigenvalue weighted by atomic mass is 16.5. The molecule has 5 rings (SSSR count). The molecule has 3 aliphatic heterocycles. The molecule has 0 bridgehead atoms. The van der Waals surface area contributed by atoms with Gasteiger partial charge in [0.05, 0.1) is 23.6 Å². The van der Waals surface area contributed by atoms with E-state index in [1.165, 1.54) is 21.9 Å². The number of hydrazone groups is 1. The summed E-state index contributed by atoms with van der Waals surface area (Å²) in [5, 5.41) is 13.6. The predicted molar refractivity (Wildman–Crippen MR) is 89.8 cm³/mol. The number of ether oxygens (including phenoxy) is 1. The Morgan fingerprint density at radius 1 is 1.13 bits per heavy atom. The molecule has 5 heteroatoms. The molecule has 0 spiro atoms. The molecule has 0 radical (unpaired) electrons. The third kappa shape index (κ3) is 2.04. The van der Waals surface area contributed by atoms with Crippen molar-refractivity contribution in [2.45, 2.75) is 25.4 Å². The molecule has 5 nitrogen and oxygen atoms in total. The molecule has 0 aromatic heterocycles. The van der Waals surface area contributed by atoms with Crippen molar-refractivity contribution < 1.29 is 4.74 Å². The number of hydrogen-bond acceptors (Lipinski definition) is 5. The molecule has 116 valence electrons. The summed E-state index contributed by atoms with van der Waals surface area (Å²) in [4.78, 5) is 0. The lowest BCUT2D eigenvalue weighted by molar-refractivity contribution is 0.0293. The molecule has 1 N–H and O–H groups in total. The third-order valence-electron chi connectivity index (χ3n) is 4.96. The van der Waals surface area contributed by atoms with Crippen LogP contribution in [-0.2, 0) is 11.3 Å². The van der Waals surface area contributed by atoms with E-state index >= 15 is 0 Å². The second kappa shape index (κ2) is 5.06. The molecular weight excluding hydrogens is 288 g/mol. The van der Waals surface area contributed by atoms with Crippen molar-refractivity contribution in [3.05, 3.63) is 40.4 Å². The fourth-order valence-corrected chi connectivity index (χ4v) is 3.77. The summed E-state index contributed by atoms with van der Waals surface area (Å²) in [5.74, 6) is 0. The van der Waals surface area contributed by atoms with Crippen molar-refractivity contribution >= 4 is 18.0 Å². The van der Waals surface area contributed by atoms with Crippen molar-refractivity contribution in [2.24, 2.45) is 10.2 Å². The molecule has 0 unspecified atom stereocenters. The van der Waals surface area contributed by atoms with Crippen molar-refractivity contribution in [2.75, 3.05) is 18.6 Å². The first kappa shape index (κ1) is 13.1. The zero-order valence-electron chi connectivity index (χ0n) is 12.8. The Morgan fingerprint density at radius 2 is 2.04 bits per heavy atom. The van der Waals surface area contributed by atoms with Gasteiger partial charge in [-0.2, -0.15) is 10.2 Å². The second-order valence-electron chi connectivity index (χ2n) is 6.29. The summed E-state index contributed by atoms with van der Waals surface area (Å²) in [5.41, 5.74) is 8.04. The van der Waals surface area contributed by atoms with Gasteiger partial charge in [0.1, 0.15) is 0 Å². The van der Waals surface area contributed by atoms with Crippen LogP contribution in [0.2, 0.25) is 0 Å². The van der Waals surface area contributed by atoms with Crippen molar-refractivity contribution in [3.8, 4) is 11.1 Å². The van der Waals surface area contributed by atoms with E-state index in [-0.39, 0.29) is 0 Å². The van der Waals surface area contributed by atoms with Crippen LogP contribution >= 0.6 is 0 Å². The van der Waals surface area contributed by atoms with Crippen LogP contribution in [0.4, 0.5) is 5.69 Å². The smallest absolute Gasteiger partial charge is 0.0914 e. The lowest BCUT2D eigenvalue weighted by Gasteiger charge is -2.34. The number of rotatable bonds is 1. The number of nitrogens with zero attached hydrogens (tertiary/aromatic N) is 3. The van der Waals surface area contributed by atoms with Gasteiger partial charge in [-0.25, -0.2) is 0 Å². The first-order valence-electron chi connectivity index (χ1n) is 8.17. The van der Waals surface area contributed by atoms with E-state index in [0.29, 0.717) is 6.04 Å². The van der Waals surface area contributed by atoms with Crippen LogP contribution in [0.3, 0.4) is 0 Å². The SMILES string of the molecule is C1=NNc2c3ccc4c-3c(ccc2=C1)CN(C1CCOCC1)N=4. The molecule has 3 heterocycles.